The molecule has 0 amide bonds. The van der Waals surface area contributed by atoms with Gasteiger partial charge < -0.3 is 4.90 Å². The van der Waals surface area contributed by atoms with Gasteiger partial charge in [0.05, 0.1) is 0 Å². The van der Waals surface area contributed by atoms with E-state index in [0.29, 0.717) is 6.04 Å². The second-order valence-electron chi connectivity index (χ2n) is 4.52. The average Bonchev–Trinajstić information content (AvgIpc) is 2.72. The zero-order chi connectivity index (χ0) is 13.1. The first-order chi connectivity index (χ1) is 8.65. The maximum atomic E-state index is 4.48. The SMILES string of the molecule is Cc1nnc2c(N(CCCBr)C(C)C)nccn12. The van der Waals surface area contributed by atoms with E-state index in [1.54, 1.807) is 0 Å². The summed E-state index contributed by atoms with van der Waals surface area (Å²) in [6.45, 7) is 7.24. The lowest BCUT2D eigenvalue weighted by Crippen LogP contribution is -2.33. The van der Waals surface area contributed by atoms with Gasteiger partial charge in [0.15, 0.2) is 5.82 Å². The van der Waals surface area contributed by atoms with Crippen molar-refractivity contribution in [3.05, 3.63) is 18.2 Å². The fourth-order valence-electron chi connectivity index (χ4n) is 1.97. The molecule has 0 spiro atoms. The molecule has 0 saturated carbocycles. The van der Waals surface area contributed by atoms with Crippen molar-refractivity contribution in [2.45, 2.75) is 33.2 Å². The molecule has 0 aliphatic carbocycles. The second kappa shape index (κ2) is 5.65. The fraction of sp³-hybridized carbons (Fsp3) is 0.583. The number of aromatic nitrogens is 4. The summed E-state index contributed by atoms with van der Waals surface area (Å²) >= 11 is 3.47. The van der Waals surface area contributed by atoms with Gasteiger partial charge in [0.2, 0.25) is 5.65 Å². The van der Waals surface area contributed by atoms with Gasteiger partial charge in [-0.15, -0.1) is 10.2 Å². The van der Waals surface area contributed by atoms with Gasteiger partial charge in [0.25, 0.3) is 0 Å². The largest absolute Gasteiger partial charge is 0.351 e. The van der Waals surface area contributed by atoms with Crippen LogP contribution in [-0.2, 0) is 0 Å². The zero-order valence-electron chi connectivity index (χ0n) is 11.0. The van der Waals surface area contributed by atoms with Crippen LogP contribution in [0.2, 0.25) is 0 Å². The lowest BCUT2D eigenvalue weighted by molar-refractivity contribution is 0.665. The maximum absolute atomic E-state index is 4.48. The standard InChI is InChI=1S/C12H18BrN5/c1-9(2)17(7-4-5-13)11-12-16-15-10(3)18(12)8-6-14-11/h6,8-9H,4-5,7H2,1-3H3. The van der Waals surface area contributed by atoms with E-state index in [-0.39, 0.29) is 0 Å². The van der Waals surface area contributed by atoms with Gasteiger partial charge in [-0.05, 0) is 27.2 Å². The van der Waals surface area contributed by atoms with Gasteiger partial charge >= 0.3 is 0 Å². The first kappa shape index (κ1) is 13.3. The van der Waals surface area contributed by atoms with Gasteiger partial charge in [0, 0.05) is 30.3 Å². The molecule has 0 radical (unpaired) electrons. The molecule has 0 bridgehead atoms. The number of rotatable bonds is 5. The first-order valence-electron chi connectivity index (χ1n) is 6.14. The Hall–Kier alpha value is -1.17. The second-order valence-corrected chi connectivity index (χ2v) is 5.31. The maximum Gasteiger partial charge on any atom is 0.203 e. The van der Waals surface area contributed by atoms with Crippen LogP contribution < -0.4 is 4.90 Å². The summed E-state index contributed by atoms with van der Waals surface area (Å²) in [5.41, 5.74) is 0.832. The summed E-state index contributed by atoms with van der Waals surface area (Å²) < 4.78 is 1.98. The summed E-state index contributed by atoms with van der Waals surface area (Å²) in [7, 11) is 0. The van der Waals surface area contributed by atoms with E-state index in [4.69, 9.17) is 0 Å². The Labute approximate surface area is 115 Å². The molecular formula is C12H18BrN5. The lowest BCUT2D eigenvalue weighted by Gasteiger charge is -2.27. The molecule has 0 aliphatic heterocycles. The Balaban J connectivity index is 2.43. The monoisotopic (exact) mass is 311 g/mol. The Morgan fingerprint density at radius 1 is 1.39 bits per heavy atom. The highest BCUT2D eigenvalue weighted by molar-refractivity contribution is 9.09. The van der Waals surface area contributed by atoms with E-state index < -0.39 is 0 Å². The number of hydrogen-bond acceptors (Lipinski definition) is 4. The van der Waals surface area contributed by atoms with E-state index in [2.05, 4.69) is 49.9 Å². The minimum Gasteiger partial charge on any atom is -0.351 e. The third-order valence-corrected chi connectivity index (χ3v) is 3.47. The first-order valence-corrected chi connectivity index (χ1v) is 7.26. The molecule has 0 saturated heterocycles. The number of hydrogen-bond donors (Lipinski definition) is 0. The zero-order valence-corrected chi connectivity index (χ0v) is 12.6. The van der Waals surface area contributed by atoms with Crippen molar-refractivity contribution in [3.63, 3.8) is 0 Å². The van der Waals surface area contributed by atoms with E-state index in [9.17, 15) is 0 Å². The van der Waals surface area contributed by atoms with Crippen LogP contribution >= 0.6 is 15.9 Å². The van der Waals surface area contributed by atoms with Crippen molar-refractivity contribution >= 4 is 27.4 Å². The van der Waals surface area contributed by atoms with Crippen molar-refractivity contribution in [3.8, 4) is 0 Å². The Morgan fingerprint density at radius 3 is 2.83 bits per heavy atom. The third kappa shape index (κ3) is 2.48. The predicted octanol–water partition coefficient (Wildman–Crippen LogP) is 2.43. The van der Waals surface area contributed by atoms with E-state index in [1.165, 1.54) is 0 Å². The highest BCUT2D eigenvalue weighted by Gasteiger charge is 2.17. The topological polar surface area (TPSA) is 46.3 Å². The van der Waals surface area contributed by atoms with Crippen LogP contribution in [0.4, 0.5) is 5.82 Å². The fourth-order valence-corrected chi connectivity index (χ4v) is 2.22. The Morgan fingerprint density at radius 2 is 2.17 bits per heavy atom. The van der Waals surface area contributed by atoms with E-state index in [1.807, 2.05) is 23.7 Å². The highest BCUT2D eigenvalue weighted by Crippen LogP contribution is 2.20. The normalized spacial score (nSPS) is 11.4. The molecule has 0 unspecified atom stereocenters. The summed E-state index contributed by atoms with van der Waals surface area (Å²) in [6.07, 6.45) is 4.79. The van der Waals surface area contributed by atoms with Crippen LogP contribution in [0, 0.1) is 6.92 Å². The van der Waals surface area contributed by atoms with Crippen molar-refractivity contribution in [2.75, 3.05) is 16.8 Å². The molecule has 0 N–H and O–H groups in total. The molecule has 18 heavy (non-hydrogen) atoms. The van der Waals surface area contributed by atoms with Gasteiger partial charge in [-0.3, -0.25) is 4.40 Å². The highest BCUT2D eigenvalue weighted by atomic mass is 79.9. The average molecular weight is 312 g/mol. The lowest BCUT2D eigenvalue weighted by atomic mass is 10.3. The molecule has 0 fully saturated rings. The number of aryl methyl sites for hydroxylation is 1. The number of alkyl halides is 1. The molecule has 6 heteroatoms. The van der Waals surface area contributed by atoms with Crippen LogP contribution in [0.15, 0.2) is 12.4 Å². The minimum atomic E-state index is 0.389. The summed E-state index contributed by atoms with van der Waals surface area (Å²) in [4.78, 5) is 6.75. The molecule has 2 rings (SSSR count). The van der Waals surface area contributed by atoms with Crippen molar-refractivity contribution in [1.29, 1.82) is 0 Å². The summed E-state index contributed by atoms with van der Waals surface area (Å²) in [5.74, 6) is 1.80. The van der Waals surface area contributed by atoms with Gasteiger partial charge in [0.1, 0.15) is 5.82 Å². The van der Waals surface area contributed by atoms with Crippen LogP contribution in [0.25, 0.3) is 5.65 Å². The number of anilines is 1. The number of fused-ring (bicyclic) bond motifs is 1. The van der Waals surface area contributed by atoms with Crippen molar-refractivity contribution < 1.29 is 0 Å². The van der Waals surface area contributed by atoms with Crippen LogP contribution in [0.1, 0.15) is 26.1 Å². The minimum absolute atomic E-state index is 0.389. The van der Waals surface area contributed by atoms with Gasteiger partial charge in [-0.25, -0.2) is 4.98 Å². The van der Waals surface area contributed by atoms with Crippen molar-refractivity contribution in [2.24, 2.45) is 0 Å². The van der Waals surface area contributed by atoms with Gasteiger partial charge in [-0.2, -0.15) is 0 Å². The van der Waals surface area contributed by atoms with Crippen LogP contribution in [0.5, 0.6) is 0 Å². The van der Waals surface area contributed by atoms with Crippen LogP contribution in [0.3, 0.4) is 0 Å². The molecule has 2 aromatic rings. The summed E-state index contributed by atoms with van der Waals surface area (Å²) in [5, 5.41) is 9.33. The molecule has 2 heterocycles. The molecule has 98 valence electrons. The Kier molecular flexibility index (Phi) is 4.16. The van der Waals surface area contributed by atoms with Crippen molar-refractivity contribution in [1.82, 2.24) is 19.6 Å². The van der Waals surface area contributed by atoms with Crippen LogP contribution in [-0.4, -0.2) is 37.5 Å². The molecule has 0 aliphatic rings. The molecule has 0 aromatic carbocycles. The summed E-state index contributed by atoms with van der Waals surface area (Å²) in [6, 6.07) is 0.389. The molecule has 2 aromatic heterocycles. The number of nitrogens with zero attached hydrogens (tertiary/aromatic N) is 5. The smallest absolute Gasteiger partial charge is 0.203 e. The molecular weight excluding hydrogens is 294 g/mol. The molecule has 5 nitrogen and oxygen atoms in total. The molecule has 0 atom stereocenters. The third-order valence-electron chi connectivity index (χ3n) is 2.91. The Bertz CT molecular complexity index is 522. The van der Waals surface area contributed by atoms with E-state index in [0.717, 1.165) is 35.6 Å². The quantitative estimate of drug-likeness (QED) is 0.796. The number of halogens is 1. The predicted molar refractivity (Wildman–Crippen MR) is 76.4 cm³/mol. The van der Waals surface area contributed by atoms with Gasteiger partial charge in [-0.1, -0.05) is 15.9 Å². The van der Waals surface area contributed by atoms with E-state index >= 15 is 0 Å².